The van der Waals surface area contributed by atoms with Crippen LogP contribution in [0.4, 0.5) is 0 Å². The molecule has 1 unspecified atom stereocenters. The maximum atomic E-state index is 3.61. The first kappa shape index (κ1) is 17.9. The number of nitrogens with one attached hydrogen (secondary N) is 1. The van der Waals surface area contributed by atoms with E-state index in [1.54, 1.807) is 0 Å². The number of nitrogens with zero attached hydrogens (tertiary/aromatic N) is 2. The van der Waals surface area contributed by atoms with Crippen LogP contribution in [0.5, 0.6) is 0 Å². The van der Waals surface area contributed by atoms with Crippen LogP contribution in [0.25, 0.3) is 0 Å². The molecule has 1 aliphatic rings. The van der Waals surface area contributed by atoms with Gasteiger partial charge in [0.25, 0.3) is 0 Å². The molecular formula is C17H37N3. The first-order valence-corrected chi connectivity index (χ1v) is 8.44. The van der Waals surface area contributed by atoms with Gasteiger partial charge < -0.3 is 15.1 Å². The summed E-state index contributed by atoms with van der Waals surface area (Å²) in [6, 6.07) is 0. The van der Waals surface area contributed by atoms with Gasteiger partial charge in [-0.1, -0.05) is 20.8 Å². The Balaban J connectivity index is 2.47. The number of hydrogen-bond acceptors (Lipinski definition) is 3. The minimum Gasteiger partial charge on any atom is -0.316 e. The Hall–Kier alpha value is -0.120. The molecule has 1 rings (SSSR count). The molecule has 0 aromatic heterocycles. The maximum absolute atomic E-state index is 3.61. The van der Waals surface area contributed by atoms with Gasteiger partial charge in [0, 0.05) is 25.2 Å². The summed E-state index contributed by atoms with van der Waals surface area (Å²) >= 11 is 0. The molecule has 0 saturated heterocycles. The third-order valence-corrected chi connectivity index (χ3v) is 5.28. The number of rotatable bonds is 10. The molecule has 0 radical (unpaired) electrons. The van der Waals surface area contributed by atoms with Crippen LogP contribution in [0.15, 0.2) is 0 Å². The SMILES string of the molecule is CCCNCC(C)(CC)CN(C)CC1(N(C)C)CCC1. The summed E-state index contributed by atoms with van der Waals surface area (Å²) in [5.41, 5.74) is 0.835. The summed E-state index contributed by atoms with van der Waals surface area (Å²) in [5, 5.41) is 3.61. The zero-order valence-electron chi connectivity index (χ0n) is 14.8. The lowest BCUT2D eigenvalue weighted by atomic mass is 9.75. The van der Waals surface area contributed by atoms with Crippen LogP contribution in [0.2, 0.25) is 0 Å². The Morgan fingerprint density at radius 2 is 1.80 bits per heavy atom. The maximum Gasteiger partial charge on any atom is 0.0330 e. The average molecular weight is 284 g/mol. The van der Waals surface area contributed by atoms with E-state index in [9.17, 15) is 0 Å². The molecule has 0 aromatic rings. The smallest absolute Gasteiger partial charge is 0.0330 e. The number of likely N-dealkylation sites (N-methyl/N-ethyl adjacent to an activating group) is 2. The summed E-state index contributed by atoms with van der Waals surface area (Å²) in [4.78, 5) is 5.02. The van der Waals surface area contributed by atoms with Crippen LogP contribution in [0, 0.1) is 5.41 Å². The third-order valence-electron chi connectivity index (χ3n) is 5.28. The molecule has 1 aliphatic carbocycles. The Morgan fingerprint density at radius 1 is 1.15 bits per heavy atom. The topological polar surface area (TPSA) is 18.5 Å². The Kier molecular flexibility index (Phi) is 6.96. The molecule has 3 nitrogen and oxygen atoms in total. The third kappa shape index (κ3) is 4.71. The summed E-state index contributed by atoms with van der Waals surface area (Å²) < 4.78 is 0. The van der Waals surface area contributed by atoms with Crippen LogP contribution in [0.3, 0.4) is 0 Å². The van der Waals surface area contributed by atoms with E-state index in [1.807, 2.05) is 0 Å². The van der Waals surface area contributed by atoms with E-state index in [0.29, 0.717) is 11.0 Å². The number of hydrogen-bond donors (Lipinski definition) is 1. The molecule has 0 aromatic carbocycles. The Bertz CT molecular complexity index is 273. The molecule has 1 saturated carbocycles. The highest BCUT2D eigenvalue weighted by molar-refractivity contribution is 4.98. The molecule has 1 atom stereocenters. The van der Waals surface area contributed by atoms with Gasteiger partial charge in [-0.15, -0.1) is 0 Å². The lowest BCUT2D eigenvalue weighted by molar-refractivity contribution is 0.0168. The quantitative estimate of drug-likeness (QED) is 0.622. The van der Waals surface area contributed by atoms with E-state index in [-0.39, 0.29) is 0 Å². The molecule has 120 valence electrons. The van der Waals surface area contributed by atoms with Gasteiger partial charge >= 0.3 is 0 Å². The van der Waals surface area contributed by atoms with Gasteiger partial charge in [-0.2, -0.15) is 0 Å². The second-order valence-corrected chi connectivity index (χ2v) is 7.49. The minimum absolute atomic E-state index is 0.390. The second kappa shape index (κ2) is 7.77. The van der Waals surface area contributed by atoms with Crippen molar-refractivity contribution in [2.75, 3.05) is 47.3 Å². The van der Waals surface area contributed by atoms with Gasteiger partial charge in [0.1, 0.15) is 0 Å². The zero-order chi connectivity index (χ0) is 15.2. The largest absolute Gasteiger partial charge is 0.316 e. The molecule has 0 spiro atoms. The van der Waals surface area contributed by atoms with Crippen molar-refractivity contribution in [1.29, 1.82) is 0 Å². The monoisotopic (exact) mass is 283 g/mol. The van der Waals surface area contributed by atoms with Crippen LogP contribution >= 0.6 is 0 Å². The molecule has 1 fully saturated rings. The van der Waals surface area contributed by atoms with Crippen LogP contribution in [0.1, 0.15) is 52.9 Å². The fourth-order valence-corrected chi connectivity index (χ4v) is 3.40. The van der Waals surface area contributed by atoms with E-state index < -0.39 is 0 Å². The zero-order valence-corrected chi connectivity index (χ0v) is 14.8. The normalized spacial score (nSPS) is 21.0. The molecule has 0 aliphatic heterocycles. The van der Waals surface area contributed by atoms with Crippen molar-refractivity contribution < 1.29 is 0 Å². The van der Waals surface area contributed by atoms with Crippen molar-refractivity contribution in [1.82, 2.24) is 15.1 Å². The van der Waals surface area contributed by atoms with Crippen molar-refractivity contribution in [3.8, 4) is 0 Å². The summed E-state index contributed by atoms with van der Waals surface area (Å²) in [5.74, 6) is 0. The van der Waals surface area contributed by atoms with Crippen LogP contribution < -0.4 is 5.32 Å². The van der Waals surface area contributed by atoms with Crippen molar-refractivity contribution >= 4 is 0 Å². The highest BCUT2D eigenvalue weighted by Crippen LogP contribution is 2.37. The van der Waals surface area contributed by atoms with Crippen molar-refractivity contribution in [3.05, 3.63) is 0 Å². The fourth-order valence-electron chi connectivity index (χ4n) is 3.40. The van der Waals surface area contributed by atoms with Gasteiger partial charge in [-0.3, -0.25) is 0 Å². The summed E-state index contributed by atoms with van der Waals surface area (Å²) in [6.07, 6.45) is 6.58. The van der Waals surface area contributed by atoms with E-state index in [1.165, 1.54) is 45.2 Å². The first-order chi connectivity index (χ1) is 9.37. The van der Waals surface area contributed by atoms with E-state index in [0.717, 1.165) is 13.1 Å². The molecule has 0 bridgehead atoms. The highest BCUT2D eigenvalue weighted by Gasteiger charge is 2.40. The molecule has 0 amide bonds. The van der Waals surface area contributed by atoms with Gasteiger partial charge in [0.05, 0.1) is 0 Å². The first-order valence-electron chi connectivity index (χ1n) is 8.44. The summed E-state index contributed by atoms with van der Waals surface area (Å²) in [6.45, 7) is 11.7. The van der Waals surface area contributed by atoms with Gasteiger partial charge in [0.15, 0.2) is 0 Å². The minimum atomic E-state index is 0.390. The van der Waals surface area contributed by atoms with Gasteiger partial charge in [0.2, 0.25) is 0 Å². The van der Waals surface area contributed by atoms with Crippen molar-refractivity contribution in [2.45, 2.75) is 58.4 Å². The van der Waals surface area contributed by atoms with Gasteiger partial charge in [-0.05, 0) is 65.2 Å². The lowest BCUT2D eigenvalue weighted by Crippen LogP contribution is -2.57. The standard InChI is InChI=1S/C17H37N3/c1-7-12-18-13-16(3,8-2)14-20(6)15-17(19(4)5)10-9-11-17/h18H,7-15H2,1-6H3. The predicted molar refractivity (Wildman–Crippen MR) is 89.3 cm³/mol. The Morgan fingerprint density at radius 3 is 2.20 bits per heavy atom. The molecule has 1 N–H and O–H groups in total. The molecule has 0 heterocycles. The van der Waals surface area contributed by atoms with Crippen LogP contribution in [-0.2, 0) is 0 Å². The van der Waals surface area contributed by atoms with E-state index >= 15 is 0 Å². The van der Waals surface area contributed by atoms with Crippen molar-refractivity contribution in [2.24, 2.45) is 5.41 Å². The van der Waals surface area contributed by atoms with E-state index in [2.05, 4.69) is 57.0 Å². The Labute approximate surface area is 127 Å². The molecule has 20 heavy (non-hydrogen) atoms. The highest BCUT2D eigenvalue weighted by atomic mass is 15.2. The molecule has 3 heteroatoms. The van der Waals surface area contributed by atoms with Gasteiger partial charge in [-0.25, -0.2) is 0 Å². The average Bonchev–Trinajstić information content (AvgIpc) is 2.33. The lowest BCUT2D eigenvalue weighted by Gasteiger charge is -2.50. The fraction of sp³-hybridized carbons (Fsp3) is 1.00. The predicted octanol–water partition coefficient (Wildman–Crippen LogP) is 2.82. The van der Waals surface area contributed by atoms with E-state index in [4.69, 9.17) is 0 Å². The van der Waals surface area contributed by atoms with Crippen molar-refractivity contribution in [3.63, 3.8) is 0 Å². The molecular weight excluding hydrogens is 246 g/mol. The van der Waals surface area contributed by atoms with Crippen LogP contribution in [-0.4, -0.2) is 62.7 Å². The summed E-state index contributed by atoms with van der Waals surface area (Å²) in [7, 11) is 6.79. The second-order valence-electron chi connectivity index (χ2n) is 7.49.